The lowest BCUT2D eigenvalue weighted by Crippen LogP contribution is -2.44. The summed E-state index contributed by atoms with van der Waals surface area (Å²) in [6, 6.07) is 0. The zero-order chi connectivity index (χ0) is 11.4. The number of carbonyl (C=O) groups excluding carboxylic acids is 1. The fourth-order valence-corrected chi connectivity index (χ4v) is 2.48. The highest BCUT2D eigenvalue weighted by Gasteiger charge is 2.31. The van der Waals surface area contributed by atoms with E-state index in [0.717, 1.165) is 45.4 Å². The topological polar surface area (TPSA) is 50.4 Å². The van der Waals surface area contributed by atoms with E-state index in [2.05, 4.69) is 17.6 Å². The molecular weight excluding hydrogens is 240 g/mol. The van der Waals surface area contributed by atoms with Crippen LogP contribution in [0.3, 0.4) is 0 Å². The SMILES string of the molecule is CC1(CNC(=O)C2CCNCC2)CCCO1.Cl. The molecule has 2 heterocycles. The van der Waals surface area contributed by atoms with E-state index in [1.807, 2.05) is 0 Å². The molecule has 1 unspecified atom stereocenters. The third kappa shape index (κ3) is 4.12. The second-order valence-corrected chi connectivity index (χ2v) is 5.14. The smallest absolute Gasteiger partial charge is 0.223 e. The van der Waals surface area contributed by atoms with Crippen LogP contribution in [0.2, 0.25) is 0 Å². The average molecular weight is 263 g/mol. The van der Waals surface area contributed by atoms with Crippen LogP contribution in [0.4, 0.5) is 0 Å². The van der Waals surface area contributed by atoms with Gasteiger partial charge in [-0.2, -0.15) is 0 Å². The van der Waals surface area contributed by atoms with Gasteiger partial charge in [-0.25, -0.2) is 0 Å². The van der Waals surface area contributed by atoms with E-state index < -0.39 is 0 Å². The summed E-state index contributed by atoms with van der Waals surface area (Å²) >= 11 is 0. The predicted octanol–water partition coefficient (Wildman–Crippen LogP) is 1.09. The van der Waals surface area contributed by atoms with E-state index in [0.29, 0.717) is 6.54 Å². The molecule has 4 nitrogen and oxygen atoms in total. The van der Waals surface area contributed by atoms with E-state index in [-0.39, 0.29) is 29.8 Å². The van der Waals surface area contributed by atoms with E-state index in [9.17, 15) is 4.79 Å². The zero-order valence-electron chi connectivity index (χ0n) is 10.5. The molecule has 5 heteroatoms. The summed E-state index contributed by atoms with van der Waals surface area (Å²) in [5.41, 5.74) is -0.122. The summed E-state index contributed by atoms with van der Waals surface area (Å²) in [4.78, 5) is 11.9. The second-order valence-electron chi connectivity index (χ2n) is 5.14. The standard InChI is InChI=1S/C12H22N2O2.ClH/c1-12(5-2-8-16-12)9-14-11(15)10-3-6-13-7-4-10;/h10,13H,2-9H2,1H3,(H,14,15);1H. The van der Waals surface area contributed by atoms with Gasteiger partial charge in [0.05, 0.1) is 5.60 Å². The van der Waals surface area contributed by atoms with Crippen LogP contribution in [0.15, 0.2) is 0 Å². The molecule has 0 aromatic carbocycles. The van der Waals surface area contributed by atoms with Gasteiger partial charge in [-0.1, -0.05) is 0 Å². The number of piperidine rings is 1. The largest absolute Gasteiger partial charge is 0.373 e. The first kappa shape index (κ1) is 14.7. The Kier molecular flexibility index (Phi) is 5.70. The molecule has 100 valence electrons. The van der Waals surface area contributed by atoms with Gasteiger partial charge in [0.15, 0.2) is 0 Å². The van der Waals surface area contributed by atoms with Crippen molar-refractivity contribution in [2.75, 3.05) is 26.2 Å². The van der Waals surface area contributed by atoms with Crippen molar-refractivity contribution >= 4 is 18.3 Å². The maximum atomic E-state index is 11.9. The molecule has 0 bridgehead atoms. The van der Waals surface area contributed by atoms with Gasteiger partial charge in [0, 0.05) is 19.1 Å². The Hall–Kier alpha value is -0.320. The quantitative estimate of drug-likeness (QED) is 0.801. The monoisotopic (exact) mass is 262 g/mol. The number of ether oxygens (including phenoxy) is 1. The Labute approximate surface area is 109 Å². The van der Waals surface area contributed by atoms with E-state index in [1.54, 1.807) is 0 Å². The third-order valence-corrected chi connectivity index (χ3v) is 3.65. The molecule has 2 saturated heterocycles. The van der Waals surface area contributed by atoms with Crippen molar-refractivity contribution in [2.45, 2.75) is 38.2 Å². The van der Waals surface area contributed by atoms with Crippen LogP contribution in [0.25, 0.3) is 0 Å². The molecule has 2 rings (SSSR count). The molecule has 1 amide bonds. The molecule has 0 aromatic heterocycles. The molecule has 0 saturated carbocycles. The molecular formula is C12H23ClN2O2. The van der Waals surface area contributed by atoms with Gasteiger partial charge in [-0.15, -0.1) is 12.4 Å². The van der Waals surface area contributed by atoms with Crippen LogP contribution in [-0.4, -0.2) is 37.7 Å². The summed E-state index contributed by atoms with van der Waals surface area (Å²) in [6.07, 6.45) is 4.09. The molecule has 17 heavy (non-hydrogen) atoms. The van der Waals surface area contributed by atoms with Gasteiger partial charge in [-0.05, 0) is 45.7 Å². The highest BCUT2D eigenvalue weighted by molar-refractivity contribution is 5.85. The van der Waals surface area contributed by atoms with Crippen LogP contribution in [0.5, 0.6) is 0 Å². The van der Waals surface area contributed by atoms with Gasteiger partial charge >= 0.3 is 0 Å². The van der Waals surface area contributed by atoms with E-state index in [4.69, 9.17) is 4.74 Å². The third-order valence-electron chi connectivity index (χ3n) is 3.65. The van der Waals surface area contributed by atoms with Crippen LogP contribution in [0, 0.1) is 5.92 Å². The molecule has 2 aliphatic heterocycles. The molecule has 2 fully saturated rings. The number of amides is 1. The molecule has 0 spiro atoms. The van der Waals surface area contributed by atoms with Gasteiger partial charge in [0.25, 0.3) is 0 Å². The average Bonchev–Trinajstić information content (AvgIpc) is 2.75. The molecule has 1 atom stereocenters. The van der Waals surface area contributed by atoms with Crippen molar-refractivity contribution in [2.24, 2.45) is 5.92 Å². The normalized spacial score (nSPS) is 29.7. The van der Waals surface area contributed by atoms with Crippen LogP contribution < -0.4 is 10.6 Å². The molecule has 0 radical (unpaired) electrons. The Morgan fingerprint density at radius 3 is 2.76 bits per heavy atom. The minimum absolute atomic E-state index is 0. The number of rotatable bonds is 3. The Bertz CT molecular complexity index is 249. The number of carbonyl (C=O) groups is 1. The minimum Gasteiger partial charge on any atom is -0.373 e. The van der Waals surface area contributed by atoms with Crippen molar-refractivity contribution in [3.8, 4) is 0 Å². The van der Waals surface area contributed by atoms with Crippen LogP contribution in [0.1, 0.15) is 32.6 Å². The Morgan fingerprint density at radius 1 is 1.47 bits per heavy atom. The fraction of sp³-hybridized carbons (Fsp3) is 0.917. The lowest BCUT2D eigenvalue weighted by atomic mass is 9.96. The van der Waals surface area contributed by atoms with Crippen LogP contribution >= 0.6 is 12.4 Å². The minimum atomic E-state index is -0.122. The maximum Gasteiger partial charge on any atom is 0.223 e. The lowest BCUT2D eigenvalue weighted by molar-refractivity contribution is -0.127. The number of hydrogen-bond acceptors (Lipinski definition) is 3. The second kappa shape index (κ2) is 6.57. The van der Waals surface area contributed by atoms with Crippen LogP contribution in [-0.2, 0) is 9.53 Å². The van der Waals surface area contributed by atoms with Gasteiger partial charge in [0.2, 0.25) is 5.91 Å². The maximum absolute atomic E-state index is 11.9. The van der Waals surface area contributed by atoms with Gasteiger partial charge in [0.1, 0.15) is 0 Å². The van der Waals surface area contributed by atoms with Crippen molar-refractivity contribution in [3.63, 3.8) is 0 Å². The molecule has 0 aliphatic carbocycles. The molecule has 2 N–H and O–H groups in total. The summed E-state index contributed by atoms with van der Waals surface area (Å²) in [5, 5.41) is 6.31. The highest BCUT2D eigenvalue weighted by Crippen LogP contribution is 2.24. The fourth-order valence-electron chi connectivity index (χ4n) is 2.48. The first-order valence-electron chi connectivity index (χ1n) is 6.32. The summed E-state index contributed by atoms with van der Waals surface area (Å²) in [6.45, 7) is 5.51. The molecule has 0 aromatic rings. The number of halogens is 1. The highest BCUT2D eigenvalue weighted by atomic mass is 35.5. The first-order chi connectivity index (χ1) is 7.70. The van der Waals surface area contributed by atoms with Crippen molar-refractivity contribution in [3.05, 3.63) is 0 Å². The summed E-state index contributed by atoms with van der Waals surface area (Å²) in [7, 11) is 0. The van der Waals surface area contributed by atoms with Crippen molar-refractivity contribution in [1.82, 2.24) is 10.6 Å². The van der Waals surface area contributed by atoms with E-state index in [1.165, 1.54) is 0 Å². The summed E-state index contributed by atoms with van der Waals surface area (Å²) in [5.74, 6) is 0.407. The predicted molar refractivity (Wildman–Crippen MR) is 69.4 cm³/mol. The van der Waals surface area contributed by atoms with Gasteiger partial charge in [-0.3, -0.25) is 4.79 Å². The van der Waals surface area contributed by atoms with E-state index >= 15 is 0 Å². The zero-order valence-corrected chi connectivity index (χ0v) is 11.3. The first-order valence-corrected chi connectivity index (χ1v) is 6.32. The molecule has 2 aliphatic rings. The lowest BCUT2D eigenvalue weighted by Gasteiger charge is -2.26. The Morgan fingerprint density at radius 2 is 2.18 bits per heavy atom. The Balaban J connectivity index is 0.00000144. The number of hydrogen-bond donors (Lipinski definition) is 2. The summed E-state index contributed by atoms with van der Waals surface area (Å²) < 4.78 is 5.65. The van der Waals surface area contributed by atoms with Crippen molar-refractivity contribution < 1.29 is 9.53 Å². The number of nitrogens with one attached hydrogen (secondary N) is 2. The van der Waals surface area contributed by atoms with Crippen molar-refractivity contribution in [1.29, 1.82) is 0 Å². The van der Waals surface area contributed by atoms with Gasteiger partial charge < -0.3 is 15.4 Å².